The van der Waals surface area contributed by atoms with Crippen LogP contribution in [-0.2, 0) is 10.0 Å². The fourth-order valence-electron chi connectivity index (χ4n) is 2.93. The van der Waals surface area contributed by atoms with E-state index in [1.54, 1.807) is 36.6 Å². The quantitative estimate of drug-likeness (QED) is 0.826. The van der Waals surface area contributed by atoms with E-state index in [1.807, 2.05) is 24.3 Å². The lowest BCUT2D eigenvalue weighted by Gasteiger charge is -2.29. The lowest BCUT2D eigenvalue weighted by atomic mass is 10.1. The molecule has 0 atom stereocenters. The summed E-state index contributed by atoms with van der Waals surface area (Å²) < 4.78 is 33.0. The third-order valence-corrected chi connectivity index (χ3v) is 6.79. The molecule has 1 amide bonds. The highest BCUT2D eigenvalue weighted by molar-refractivity contribution is 7.99. The van der Waals surface area contributed by atoms with Gasteiger partial charge >= 0.3 is 0 Å². The predicted octanol–water partition coefficient (Wildman–Crippen LogP) is 3.13. The van der Waals surface area contributed by atoms with Crippen LogP contribution in [-0.4, -0.2) is 39.8 Å². The summed E-state index contributed by atoms with van der Waals surface area (Å²) in [7, 11) is -2.39. The van der Waals surface area contributed by atoms with Crippen LogP contribution < -0.4 is 14.4 Å². The molecule has 8 heteroatoms. The predicted molar refractivity (Wildman–Crippen MR) is 107 cm³/mol. The number of carbonyl (C=O) groups excluding carboxylic acids is 1. The first-order valence-corrected chi connectivity index (χ1v) is 11.0. The Morgan fingerprint density at radius 1 is 1.22 bits per heavy atom. The zero-order valence-corrected chi connectivity index (χ0v) is 17.1. The van der Waals surface area contributed by atoms with E-state index in [-0.39, 0.29) is 22.6 Å². The zero-order valence-electron chi connectivity index (χ0n) is 15.4. The van der Waals surface area contributed by atoms with Crippen molar-refractivity contribution >= 4 is 33.4 Å². The highest BCUT2D eigenvalue weighted by Crippen LogP contribution is 2.35. The van der Waals surface area contributed by atoms with Crippen molar-refractivity contribution in [3.05, 3.63) is 48.0 Å². The molecule has 1 aliphatic heterocycles. The molecule has 0 spiro atoms. The van der Waals surface area contributed by atoms with Gasteiger partial charge in [0.25, 0.3) is 5.91 Å². The average molecular weight is 407 g/mol. The number of hydrogen-bond donors (Lipinski definition) is 1. The number of hydrogen-bond acceptors (Lipinski definition) is 5. The molecule has 6 nitrogen and oxygen atoms in total. The maximum absolute atomic E-state index is 13.1. The van der Waals surface area contributed by atoms with Crippen molar-refractivity contribution < 1.29 is 17.9 Å². The molecule has 0 radical (unpaired) electrons. The number of rotatable bonds is 5. The fourth-order valence-corrected chi connectivity index (χ4v) is 5.37. The Balaban J connectivity index is 2.01. The topological polar surface area (TPSA) is 75.7 Å². The highest BCUT2D eigenvalue weighted by atomic mass is 32.2. The molecule has 0 saturated heterocycles. The first kappa shape index (κ1) is 19.7. The molecule has 2 aromatic carbocycles. The number of nitrogens with zero attached hydrogens (tertiary/aromatic N) is 1. The van der Waals surface area contributed by atoms with E-state index in [2.05, 4.69) is 4.72 Å². The van der Waals surface area contributed by atoms with Gasteiger partial charge in [0.2, 0.25) is 10.0 Å². The van der Waals surface area contributed by atoms with E-state index >= 15 is 0 Å². The maximum Gasteiger partial charge on any atom is 0.258 e. The van der Waals surface area contributed by atoms with Gasteiger partial charge in [0.05, 0.1) is 12.8 Å². The van der Waals surface area contributed by atoms with E-state index in [0.29, 0.717) is 12.1 Å². The van der Waals surface area contributed by atoms with Crippen molar-refractivity contribution in [2.24, 2.45) is 0 Å². The van der Waals surface area contributed by atoms with Gasteiger partial charge in [0, 0.05) is 28.8 Å². The van der Waals surface area contributed by atoms with Crippen LogP contribution in [0.5, 0.6) is 5.75 Å². The number of ether oxygens (including phenoxy) is 1. The molecule has 0 aromatic heterocycles. The van der Waals surface area contributed by atoms with Crippen LogP contribution in [0.15, 0.2) is 52.3 Å². The van der Waals surface area contributed by atoms with Gasteiger partial charge in [-0.3, -0.25) is 4.79 Å². The largest absolute Gasteiger partial charge is 0.495 e. The Labute approximate surface area is 164 Å². The molecule has 1 N–H and O–H groups in total. The van der Waals surface area contributed by atoms with Crippen LogP contribution in [0.1, 0.15) is 24.2 Å². The summed E-state index contributed by atoms with van der Waals surface area (Å²) in [5.74, 6) is 0.764. The Hall–Kier alpha value is -2.03. The molecule has 2 aromatic rings. The molecule has 144 valence electrons. The number of thioether (sulfide) groups is 1. The molecule has 0 aliphatic carbocycles. The number of anilines is 1. The number of para-hydroxylation sites is 1. The minimum Gasteiger partial charge on any atom is -0.495 e. The number of methoxy groups -OCH3 is 1. The highest BCUT2D eigenvalue weighted by Gasteiger charge is 2.27. The summed E-state index contributed by atoms with van der Waals surface area (Å²) in [5.41, 5.74) is 1.15. The molecular weight excluding hydrogens is 384 g/mol. The second-order valence-corrected chi connectivity index (χ2v) is 9.23. The molecule has 1 heterocycles. The van der Waals surface area contributed by atoms with Gasteiger partial charge in [-0.2, -0.15) is 0 Å². The maximum atomic E-state index is 13.1. The molecule has 3 rings (SSSR count). The van der Waals surface area contributed by atoms with Crippen molar-refractivity contribution in [3.63, 3.8) is 0 Å². The smallest absolute Gasteiger partial charge is 0.258 e. The van der Waals surface area contributed by atoms with E-state index < -0.39 is 10.0 Å². The first-order valence-electron chi connectivity index (χ1n) is 8.57. The van der Waals surface area contributed by atoms with Crippen molar-refractivity contribution in [1.82, 2.24) is 4.72 Å². The van der Waals surface area contributed by atoms with Gasteiger partial charge in [-0.25, -0.2) is 13.1 Å². The SMILES string of the molecule is COc1ccc(C(=O)N2CCSc3ccccc32)cc1S(=O)(=O)NC(C)C. The van der Waals surface area contributed by atoms with E-state index in [4.69, 9.17) is 4.74 Å². The number of amides is 1. The third kappa shape index (κ3) is 4.12. The molecule has 0 saturated carbocycles. The Morgan fingerprint density at radius 2 is 1.96 bits per heavy atom. The average Bonchev–Trinajstić information content (AvgIpc) is 2.65. The summed E-state index contributed by atoms with van der Waals surface area (Å²) in [6.45, 7) is 4.04. The van der Waals surface area contributed by atoms with E-state index in [1.165, 1.54) is 19.2 Å². The Morgan fingerprint density at radius 3 is 2.67 bits per heavy atom. The van der Waals surface area contributed by atoms with E-state index in [0.717, 1.165) is 16.3 Å². The standard InChI is InChI=1S/C19H22N2O4S2/c1-13(2)20-27(23,24)18-12-14(8-9-16(18)25-3)19(22)21-10-11-26-17-7-5-4-6-15(17)21/h4-9,12-13,20H,10-11H2,1-3H3. The third-order valence-electron chi connectivity index (χ3n) is 4.06. The van der Waals surface area contributed by atoms with Crippen LogP contribution in [0.25, 0.3) is 0 Å². The van der Waals surface area contributed by atoms with Crippen molar-refractivity contribution in [1.29, 1.82) is 0 Å². The molecule has 0 bridgehead atoms. The number of fused-ring (bicyclic) bond motifs is 1. The number of carbonyl (C=O) groups is 1. The minimum absolute atomic E-state index is 0.0378. The lowest BCUT2D eigenvalue weighted by molar-refractivity contribution is 0.0987. The normalized spacial score (nSPS) is 14.1. The van der Waals surface area contributed by atoms with Gasteiger partial charge in [0.1, 0.15) is 10.6 Å². The van der Waals surface area contributed by atoms with Gasteiger partial charge in [0.15, 0.2) is 0 Å². The molecule has 0 fully saturated rings. The number of nitrogens with one attached hydrogen (secondary N) is 1. The summed E-state index contributed by atoms with van der Waals surface area (Å²) in [4.78, 5) is 15.8. The molecule has 1 aliphatic rings. The van der Waals surface area contributed by atoms with Gasteiger partial charge < -0.3 is 9.64 Å². The van der Waals surface area contributed by atoms with Crippen LogP contribution in [0, 0.1) is 0 Å². The van der Waals surface area contributed by atoms with Crippen molar-refractivity contribution in [2.45, 2.75) is 29.7 Å². The zero-order chi connectivity index (χ0) is 19.6. The van der Waals surface area contributed by atoms with Gasteiger partial charge in [-0.15, -0.1) is 11.8 Å². The summed E-state index contributed by atoms with van der Waals surface area (Å²) >= 11 is 1.71. The summed E-state index contributed by atoms with van der Waals surface area (Å²) in [5, 5.41) is 0. The van der Waals surface area contributed by atoms with E-state index in [9.17, 15) is 13.2 Å². The second-order valence-electron chi connectivity index (χ2n) is 6.41. The van der Waals surface area contributed by atoms with Gasteiger partial charge in [-0.05, 0) is 44.2 Å². The summed E-state index contributed by atoms with van der Waals surface area (Å²) in [6.07, 6.45) is 0. The number of sulfonamides is 1. The molecule has 0 unspecified atom stereocenters. The second kappa shape index (κ2) is 7.92. The molecular formula is C19H22N2O4S2. The Bertz CT molecular complexity index is 958. The van der Waals surface area contributed by atoms with Crippen LogP contribution in [0.3, 0.4) is 0 Å². The monoisotopic (exact) mass is 406 g/mol. The van der Waals surface area contributed by atoms with Crippen LogP contribution in [0.2, 0.25) is 0 Å². The minimum atomic E-state index is -3.80. The Kier molecular flexibility index (Phi) is 5.78. The fraction of sp³-hybridized carbons (Fsp3) is 0.316. The lowest BCUT2D eigenvalue weighted by Crippen LogP contribution is -2.35. The van der Waals surface area contributed by atoms with Crippen molar-refractivity contribution in [3.8, 4) is 5.75 Å². The van der Waals surface area contributed by atoms with Crippen LogP contribution >= 0.6 is 11.8 Å². The van der Waals surface area contributed by atoms with Gasteiger partial charge in [-0.1, -0.05) is 12.1 Å². The number of benzene rings is 2. The van der Waals surface area contributed by atoms with Crippen molar-refractivity contribution in [2.75, 3.05) is 24.3 Å². The summed E-state index contributed by atoms with van der Waals surface area (Å²) in [6, 6.07) is 11.9. The molecule has 27 heavy (non-hydrogen) atoms. The first-order chi connectivity index (χ1) is 12.8. The van der Waals surface area contributed by atoms with Crippen LogP contribution in [0.4, 0.5) is 5.69 Å².